The maximum absolute atomic E-state index is 13.9. The van der Waals surface area contributed by atoms with Crippen LogP contribution in [-0.4, -0.2) is 32.0 Å². The van der Waals surface area contributed by atoms with E-state index in [4.69, 9.17) is 9.47 Å². The van der Waals surface area contributed by atoms with E-state index in [1.807, 2.05) is 0 Å². The van der Waals surface area contributed by atoms with E-state index in [-0.39, 0.29) is 11.3 Å². The second-order valence-electron chi connectivity index (χ2n) is 4.35. The van der Waals surface area contributed by atoms with Gasteiger partial charge in [0.2, 0.25) is 12.0 Å². The van der Waals surface area contributed by atoms with E-state index < -0.39 is 23.7 Å². The van der Waals surface area contributed by atoms with Gasteiger partial charge in [0.15, 0.2) is 5.78 Å². The van der Waals surface area contributed by atoms with E-state index in [2.05, 4.69) is 0 Å². The van der Waals surface area contributed by atoms with Crippen molar-refractivity contribution in [2.45, 2.75) is 20.0 Å². The molecule has 0 radical (unpaired) electrons. The first-order chi connectivity index (χ1) is 8.92. The Balaban J connectivity index is 3.13. The smallest absolute Gasteiger partial charge is 0.221 e. The molecule has 0 fully saturated rings. The second kappa shape index (κ2) is 6.31. The molecule has 104 valence electrons. The third kappa shape index (κ3) is 3.30. The molecule has 19 heavy (non-hydrogen) atoms. The van der Waals surface area contributed by atoms with Crippen molar-refractivity contribution in [1.29, 1.82) is 0 Å². The van der Waals surface area contributed by atoms with Crippen LogP contribution in [0.4, 0.5) is 4.39 Å². The average molecular weight is 268 g/mol. The molecule has 0 heterocycles. The fraction of sp³-hybridized carbons (Fsp3) is 0.429. The van der Waals surface area contributed by atoms with Crippen LogP contribution < -0.4 is 9.47 Å². The van der Waals surface area contributed by atoms with Crippen molar-refractivity contribution in [3.8, 4) is 11.5 Å². The van der Waals surface area contributed by atoms with Crippen molar-refractivity contribution in [3.63, 3.8) is 0 Å². The number of rotatable bonds is 6. The van der Waals surface area contributed by atoms with Crippen molar-refractivity contribution >= 4 is 11.6 Å². The van der Waals surface area contributed by atoms with Crippen LogP contribution in [0.3, 0.4) is 0 Å². The Bertz CT molecular complexity index is 482. The SMILES string of the molecule is COc1ccc(OC)c(C(=O)C(F)C(=O)C(C)C)c1. The lowest BCUT2D eigenvalue weighted by Crippen LogP contribution is -2.29. The van der Waals surface area contributed by atoms with Crippen molar-refractivity contribution in [1.82, 2.24) is 0 Å². The summed E-state index contributed by atoms with van der Waals surface area (Å²) in [7, 11) is 2.80. The third-order valence-corrected chi connectivity index (χ3v) is 2.72. The lowest BCUT2D eigenvalue weighted by molar-refractivity contribution is -0.125. The summed E-state index contributed by atoms with van der Waals surface area (Å²) in [6.45, 7) is 3.09. The third-order valence-electron chi connectivity index (χ3n) is 2.72. The molecule has 0 saturated carbocycles. The fourth-order valence-electron chi connectivity index (χ4n) is 1.57. The maximum Gasteiger partial charge on any atom is 0.221 e. The Morgan fingerprint density at radius 1 is 1.16 bits per heavy atom. The Labute approximate surface area is 111 Å². The van der Waals surface area contributed by atoms with E-state index in [0.29, 0.717) is 5.75 Å². The Morgan fingerprint density at radius 3 is 2.26 bits per heavy atom. The maximum atomic E-state index is 13.9. The van der Waals surface area contributed by atoms with Crippen LogP contribution in [0.15, 0.2) is 18.2 Å². The topological polar surface area (TPSA) is 52.6 Å². The van der Waals surface area contributed by atoms with E-state index >= 15 is 0 Å². The summed E-state index contributed by atoms with van der Waals surface area (Å²) in [5.41, 5.74) is 0.00310. The standard InChI is InChI=1S/C14H17FO4/c1-8(2)13(16)12(15)14(17)10-7-9(18-3)5-6-11(10)19-4/h5-8,12H,1-4H3. The summed E-state index contributed by atoms with van der Waals surface area (Å²) in [4.78, 5) is 23.6. The van der Waals surface area contributed by atoms with E-state index in [1.165, 1.54) is 26.4 Å². The highest BCUT2D eigenvalue weighted by atomic mass is 19.1. The molecule has 1 aromatic rings. The van der Waals surface area contributed by atoms with E-state index in [9.17, 15) is 14.0 Å². The highest BCUT2D eigenvalue weighted by Crippen LogP contribution is 2.26. The van der Waals surface area contributed by atoms with Gasteiger partial charge in [0.05, 0.1) is 19.8 Å². The van der Waals surface area contributed by atoms with Gasteiger partial charge in [-0.15, -0.1) is 0 Å². The Hall–Kier alpha value is -1.91. The van der Waals surface area contributed by atoms with Gasteiger partial charge in [-0.1, -0.05) is 13.8 Å². The molecule has 0 aliphatic heterocycles. The van der Waals surface area contributed by atoms with Crippen LogP contribution in [-0.2, 0) is 4.79 Å². The minimum atomic E-state index is -2.18. The quantitative estimate of drug-likeness (QED) is 0.587. The number of benzene rings is 1. The summed E-state index contributed by atoms with van der Waals surface area (Å²) in [6.07, 6.45) is -2.18. The van der Waals surface area contributed by atoms with E-state index in [0.717, 1.165) is 0 Å². The zero-order valence-electron chi connectivity index (χ0n) is 11.4. The largest absolute Gasteiger partial charge is 0.497 e. The molecule has 0 aromatic heterocycles. The molecule has 0 N–H and O–H groups in total. The molecule has 5 heteroatoms. The highest BCUT2D eigenvalue weighted by Gasteiger charge is 2.30. The molecule has 0 aliphatic carbocycles. The lowest BCUT2D eigenvalue weighted by Gasteiger charge is -2.12. The number of hydrogen-bond donors (Lipinski definition) is 0. The summed E-state index contributed by atoms with van der Waals surface area (Å²) in [5, 5.41) is 0. The molecular formula is C14H17FO4. The van der Waals surface area contributed by atoms with Gasteiger partial charge in [0, 0.05) is 5.92 Å². The molecule has 0 amide bonds. The number of carbonyl (C=O) groups is 2. The van der Waals surface area contributed by atoms with Gasteiger partial charge in [0.25, 0.3) is 0 Å². The van der Waals surface area contributed by atoms with Gasteiger partial charge in [0.1, 0.15) is 11.5 Å². The van der Waals surface area contributed by atoms with Crippen LogP contribution in [0.5, 0.6) is 11.5 Å². The van der Waals surface area contributed by atoms with Crippen LogP contribution >= 0.6 is 0 Å². The minimum Gasteiger partial charge on any atom is -0.497 e. The van der Waals surface area contributed by atoms with Gasteiger partial charge < -0.3 is 9.47 Å². The predicted molar refractivity (Wildman–Crippen MR) is 68.6 cm³/mol. The Morgan fingerprint density at radius 2 is 1.79 bits per heavy atom. The summed E-state index contributed by atoms with van der Waals surface area (Å²) < 4.78 is 23.9. The first-order valence-corrected chi connectivity index (χ1v) is 5.86. The van der Waals surface area contributed by atoms with Gasteiger partial charge in [-0.05, 0) is 18.2 Å². The summed E-state index contributed by atoms with van der Waals surface area (Å²) in [5.74, 6) is -1.58. The van der Waals surface area contributed by atoms with Crippen LogP contribution in [0.25, 0.3) is 0 Å². The van der Waals surface area contributed by atoms with Crippen molar-refractivity contribution in [2.75, 3.05) is 14.2 Å². The Kier molecular flexibility index (Phi) is 5.03. The monoisotopic (exact) mass is 268 g/mol. The van der Waals surface area contributed by atoms with Crippen molar-refractivity contribution in [2.24, 2.45) is 5.92 Å². The number of Topliss-reactive ketones (excluding diaryl/α,β-unsaturated/α-hetero) is 2. The lowest BCUT2D eigenvalue weighted by atomic mass is 9.97. The molecule has 1 atom stereocenters. The molecule has 1 rings (SSSR count). The highest BCUT2D eigenvalue weighted by molar-refractivity contribution is 6.14. The summed E-state index contributed by atoms with van der Waals surface area (Å²) >= 11 is 0. The molecule has 4 nitrogen and oxygen atoms in total. The number of halogens is 1. The predicted octanol–water partition coefficient (Wildman–Crippen LogP) is 2.45. The number of methoxy groups -OCH3 is 2. The number of ketones is 2. The first kappa shape index (κ1) is 15.1. The zero-order chi connectivity index (χ0) is 14.6. The molecule has 0 saturated heterocycles. The van der Waals surface area contributed by atoms with Crippen molar-refractivity contribution in [3.05, 3.63) is 23.8 Å². The average Bonchev–Trinajstić information content (AvgIpc) is 2.43. The fourth-order valence-corrected chi connectivity index (χ4v) is 1.57. The van der Waals surface area contributed by atoms with E-state index in [1.54, 1.807) is 19.9 Å². The van der Waals surface area contributed by atoms with Gasteiger partial charge in [-0.2, -0.15) is 0 Å². The zero-order valence-corrected chi connectivity index (χ0v) is 11.4. The van der Waals surface area contributed by atoms with Crippen LogP contribution in [0.1, 0.15) is 24.2 Å². The molecule has 1 unspecified atom stereocenters. The van der Waals surface area contributed by atoms with Crippen LogP contribution in [0, 0.1) is 5.92 Å². The molecular weight excluding hydrogens is 251 g/mol. The molecule has 0 bridgehead atoms. The van der Waals surface area contributed by atoms with Crippen molar-refractivity contribution < 1.29 is 23.5 Å². The number of hydrogen-bond acceptors (Lipinski definition) is 4. The van der Waals surface area contributed by atoms with Gasteiger partial charge in [-0.3, -0.25) is 9.59 Å². The first-order valence-electron chi connectivity index (χ1n) is 5.86. The second-order valence-corrected chi connectivity index (χ2v) is 4.35. The molecule has 1 aromatic carbocycles. The van der Waals surface area contributed by atoms with Gasteiger partial charge >= 0.3 is 0 Å². The normalized spacial score (nSPS) is 12.1. The minimum absolute atomic E-state index is 0.00310. The number of ether oxygens (including phenoxy) is 2. The summed E-state index contributed by atoms with van der Waals surface area (Å²) in [6, 6.07) is 4.45. The number of alkyl halides is 1. The number of carbonyl (C=O) groups excluding carboxylic acids is 2. The van der Waals surface area contributed by atoms with Gasteiger partial charge in [-0.25, -0.2) is 4.39 Å². The molecule has 0 aliphatic rings. The molecule has 0 spiro atoms. The van der Waals surface area contributed by atoms with Crippen LogP contribution in [0.2, 0.25) is 0 Å².